The third-order valence-corrected chi connectivity index (χ3v) is 8.46. The SMILES string of the molecule is O=C1C(=O)N(c2nnc(SCc3ccccc3)s2)C(c2ccc(Cl)cc2)/C1=C(/O)c1ccc(Br)cc1. The zero-order chi connectivity index (χ0) is 25.2. The summed E-state index contributed by atoms with van der Waals surface area (Å²) in [6, 6.07) is 22.7. The van der Waals surface area contributed by atoms with E-state index in [0.717, 1.165) is 10.0 Å². The molecule has 1 unspecified atom stereocenters. The van der Waals surface area contributed by atoms with E-state index < -0.39 is 17.7 Å². The second kappa shape index (κ2) is 10.6. The van der Waals surface area contributed by atoms with Gasteiger partial charge in [-0.25, -0.2) is 0 Å². The molecule has 0 aliphatic carbocycles. The minimum absolute atomic E-state index is 0.0154. The highest BCUT2D eigenvalue weighted by molar-refractivity contribution is 9.10. The molecule has 0 bridgehead atoms. The van der Waals surface area contributed by atoms with Gasteiger partial charge in [0, 0.05) is 20.8 Å². The van der Waals surface area contributed by atoms with Crippen molar-refractivity contribution in [2.24, 2.45) is 0 Å². The number of hydrogen-bond donors (Lipinski definition) is 1. The van der Waals surface area contributed by atoms with E-state index in [2.05, 4.69) is 26.1 Å². The van der Waals surface area contributed by atoms with Crippen LogP contribution in [0.1, 0.15) is 22.7 Å². The predicted molar refractivity (Wildman–Crippen MR) is 146 cm³/mol. The molecule has 1 atom stereocenters. The molecule has 36 heavy (non-hydrogen) atoms. The van der Waals surface area contributed by atoms with Gasteiger partial charge in [0.05, 0.1) is 11.6 Å². The fourth-order valence-corrected chi connectivity index (χ4v) is 6.04. The van der Waals surface area contributed by atoms with Gasteiger partial charge in [-0.1, -0.05) is 105 Å². The van der Waals surface area contributed by atoms with Crippen LogP contribution in [-0.4, -0.2) is 27.0 Å². The highest BCUT2D eigenvalue weighted by Crippen LogP contribution is 2.44. The van der Waals surface area contributed by atoms with Gasteiger partial charge in [0.1, 0.15) is 5.76 Å². The molecule has 5 rings (SSSR count). The predicted octanol–water partition coefficient (Wildman–Crippen LogP) is 6.87. The maximum absolute atomic E-state index is 13.3. The number of anilines is 1. The molecule has 6 nitrogen and oxygen atoms in total. The molecule has 2 heterocycles. The summed E-state index contributed by atoms with van der Waals surface area (Å²) in [6.45, 7) is 0. The Labute approximate surface area is 228 Å². The minimum atomic E-state index is -0.883. The van der Waals surface area contributed by atoms with Crippen LogP contribution >= 0.6 is 50.6 Å². The van der Waals surface area contributed by atoms with Crippen LogP contribution in [0.5, 0.6) is 0 Å². The summed E-state index contributed by atoms with van der Waals surface area (Å²) < 4.78 is 1.49. The highest BCUT2D eigenvalue weighted by atomic mass is 79.9. The summed E-state index contributed by atoms with van der Waals surface area (Å²) in [4.78, 5) is 27.8. The molecule has 180 valence electrons. The minimum Gasteiger partial charge on any atom is -0.507 e. The Bertz CT molecular complexity index is 1460. The molecule has 1 amide bonds. The normalized spacial score (nSPS) is 17.1. The lowest BCUT2D eigenvalue weighted by Gasteiger charge is -2.22. The molecule has 1 aliphatic heterocycles. The van der Waals surface area contributed by atoms with Crippen LogP contribution in [0.4, 0.5) is 5.13 Å². The molecule has 0 spiro atoms. The number of halogens is 2. The first-order chi connectivity index (χ1) is 17.4. The van der Waals surface area contributed by atoms with Crippen LogP contribution in [0, 0.1) is 0 Å². The van der Waals surface area contributed by atoms with Gasteiger partial charge in [0.15, 0.2) is 4.34 Å². The lowest BCUT2D eigenvalue weighted by atomic mass is 9.95. The van der Waals surface area contributed by atoms with E-state index in [9.17, 15) is 14.7 Å². The van der Waals surface area contributed by atoms with Crippen LogP contribution in [0.3, 0.4) is 0 Å². The second-order valence-corrected chi connectivity index (χ2v) is 11.4. The summed E-state index contributed by atoms with van der Waals surface area (Å²) in [5.74, 6) is -1.13. The van der Waals surface area contributed by atoms with Gasteiger partial charge in [-0.2, -0.15) is 0 Å². The molecule has 0 saturated carbocycles. The third-order valence-electron chi connectivity index (χ3n) is 5.55. The number of Topliss-reactive ketones (excluding diaryl/α,β-unsaturated/α-hetero) is 1. The number of benzene rings is 3. The molecular weight excluding hydrogens is 582 g/mol. The van der Waals surface area contributed by atoms with E-state index in [-0.39, 0.29) is 16.5 Å². The van der Waals surface area contributed by atoms with Gasteiger partial charge in [-0.15, -0.1) is 10.2 Å². The maximum atomic E-state index is 13.3. The van der Waals surface area contributed by atoms with Crippen molar-refractivity contribution < 1.29 is 14.7 Å². The number of amides is 1. The molecule has 1 fully saturated rings. The first kappa shape index (κ1) is 24.7. The van der Waals surface area contributed by atoms with Crippen molar-refractivity contribution in [3.05, 3.63) is 111 Å². The zero-order valence-corrected chi connectivity index (χ0v) is 22.4. The summed E-state index contributed by atoms with van der Waals surface area (Å²) >= 11 is 12.2. The van der Waals surface area contributed by atoms with E-state index in [0.29, 0.717) is 26.2 Å². The van der Waals surface area contributed by atoms with Gasteiger partial charge in [0.25, 0.3) is 5.78 Å². The zero-order valence-electron chi connectivity index (χ0n) is 18.5. The van der Waals surface area contributed by atoms with Crippen LogP contribution in [0.15, 0.2) is 93.2 Å². The van der Waals surface area contributed by atoms with E-state index in [1.165, 1.54) is 28.0 Å². The van der Waals surface area contributed by atoms with Crippen LogP contribution in [-0.2, 0) is 15.3 Å². The number of nitrogens with zero attached hydrogens (tertiary/aromatic N) is 3. The molecule has 3 aromatic carbocycles. The van der Waals surface area contributed by atoms with Crippen LogP contribution in [0.2, 0.25) is 5.02 Å². The van der Waals surface area contributed by atoms with Crippen molar-refractivity contribution in [1.82, 2.24) is 10.2 Å². The van der Waals surface area contributed by atoms with E-state index >= 15 is 0 Å². The van der Waals surface area contributed by atoms with Crippen LogP contribution < -0.4 is 4.90 Å². The monoisotopic (exact) mass is 597 g/mol. The largest absolute Gasteiger partial charge is 0.507 e. The average molecular weight is 599 g/mol. The standard InChI is InChI=1S/C26H17BrClN3O3S2/c27-18-10-6-17(7-11-18)22(32)20-21(16-8-12-19(28)13-9-16)31(24(34)23(20)33)25-29-30-26(36-25)35-14-15-4-2-1-3-5-15/h1-13,21,32H,14H2/b22-20-. The Kier molecular flexibility index (Phi) is 7.25. The van der Waals surface area contributed by atoms with Crippen molar-refractivity contribution in [1.29, 1.82) is 0 Å². The van der Waals surface area contributed by atoms with Crippen molar-refractivity contribution in [2.75, 3.05) is 4.90 Å². The fourth-order valence-electron chi connectivity index (χ4n) is 3.83. The summed E-state index contributed by atoms with van der Waals surface area (Å²) in [5.41, 5.74) is 2.16. The lowest BCUT2D eigenvalue weighted by Crippen LogP contribution is -2.29. The fraction of sp³-hybridized carbons (Fsp3) is 0.0769. The number of ketones is 1. The van der Waals surface area contributed by atoms with Crippen molar-refractivity contribution in [3.63, 3.8) is 0 Å². The topological polar surface area (TPSA) is 83.4 Å². The molecule has 0 radical (unpaired) electrons. The number of aliphatic hydroxyl groups is 1. The number of aliphatic hydroxyl groups excluding tert-OH is 1. The number of rotatable bonds is 6. The number of carbonyl (C=O) groups is 2. The van der Waals surface area contributed by atoms with Crippen molar-refractivity contribution in [3.8, 4) is 0 Å². The molecule has 1 aromatic heterocycles. The van der Waals surface area contributed by atoms with Crippen molar-refractivity contribution in [2.45, 2.75) is 16.1 Å². The molecule has 10 heteroatoms. The molecule has 1 N–H and O–H groups in total. The van der Waals surface area contributed by atoms with Crippen molar-refractivity contribution >= 4 is 73.2 Å². The van der Waals surface area contributed by atoms with Gasteiger partial charge < -0.3 is 5.11 Å². The van der Waals surface area contributed by atoms with E-state index in [1.807, 2.05) is 30.3 Å². The smallest absolute Gasteiger partial charge is 0.301 e. The average Bonchev–Trinajstić information content (AvgIpc) is 3.46. The Morgan fingerprint density at radius 3 is 2.39 bits per heavy atom. The lowest BCUT2D eigenvalue weighted by molar-refractivity contribution is -0.132. The number of aromatic nitrogens is 2. The Balaban J connectivity index is 1.55. The summed E-state index contributed by atoms with van der Waals surface area (Å²) in [7, 11) is 0. The van der Waals surface area contributed by atoms with Crippen LogP contribution in [0.25, 0.3) is 5.76 Å². The van der Waals surface area contributed by atoms with Gasteiger partial charge in [0.2, 0.25) is 5.13 Å². The quantitative estimate of drug-likeness (QED) is 0.0857. The molecule has 1 aliphatic rings. The highest BCUT2D eigenvalue weighted by Gasteiger charge is 2.48. The third kappa shape index (κ3) is 4.97. The first-order valence-corrected chi connectivity index (χ1v) is 13.7. The number of thioether (sulfide) groups is 1. The number of carbonyl (C=O) groups excluding carboxylic acids is 2. The van der Waals surface area contributed by atoms with E-state index in [1.54, 1.807) is 48.5 Å². The molecular formula is C26H17BrClN3O3S2. The second-order valence-electron chi connectivity index (χ2n) is 7.85. The first-order valence-electron chi connectivity index (χ1n) is 10.7. The summed E-state index contributed by atoms with van der Waals surface area (Å²) in [5, 5.41) is 20.4. The Morgan fingerprint density at radius 2 is 1.69 bits per heavy atom. The Morgan fingerprint density at radius 1 is 1.00 bits per heavy atom. The molecule has 4 aromatic rings. The Hall–Kier alpha value is -2.98. The van der Waals surface area contributed by atoms with Gasteiger partial charge in [-0.05, 0) is 35.4 Å². The summed E-state index contributed by atoms with van der Waals surface area (Å²) in [6.07, 6.45) is 0. The van der Waals surface area contributed by atoms with Gasteiger partial charge in [-0.3, -0.25) is 14.5 Å². The molecule has 1 saturated heterocycles. The number of hydrogen-bond acceptors (Lipinski definition) is 7. The maximum Gasteiger partial charge on any atom is 0.301 e. The van der Waals surface area contributed by atoms with Gasteiger partial charge >= 0.3 is 5.91 Å². The van der Waals surface area contributed by atoms with E-state index in [4.69, 9.17) is 11.6 Å².